The van der Waals surface area contributed by atoms with Crippen LogP contribution in [-0.2, 0) is 28.5 Å². The second-order valence-corrected chi connectivity index (χ2v) is 11.3. The molecule has 3 heterocycles. The maximum atomic E-state index is 14.3. The molecule has 0 radical (unpaired) electrons. The van der Waals surface area contributed by atoms with Crippen molar-refractivity contribution in [3.8, 4) is 34.0 Å². The van der Waals surface area contributed by atoms with Crippen LogP contribution < -0.4 is 5.32 Å². The summed E-state index contributed by atoms with van der Waals surface area (Å²) in [6, 6.07) is 13.5. The molecule has 2 aliphatic rings. The number of alkyl halides is 3. The van der Waals surface area contributed by atoms with E-state index in [1.54, 1.807) is 31.2 Å². The lowest BCUT2D eigenvalue weighted by molar-refractivity contribution is -0.147. The molecule has 0 amide bonds. The minimum Gasteiger partial charge on any atom is -0.466 e. The zero-order valence-corrected chi connectivity index (χ0v) is 23.7. The topological polar surface area (TPSA) is 111 Å². The first-order valence-electron chi connectivity index (χ1n) is 14.5. The van der Waals surface area contributed by atoms with Gasteiger partial charge in [-0.05, 0) is 62.1 Å². The zero-order chi connectivity index (χ0) is 30.2. The summed E-state index contributed by atoms with van der Waals surface area (Å²) in [4.78, 5) is 12.4. The van der Waals surface area contributed by atoms with Crippen molar-refractivity contribution < 1.29 is 36.9 Å². The van der Waals surface area contributed by atoms with Gasteiger partial charge in [-0.3, -0.25) is 4.79 Å². The van der Waals surface area contributed by atoms with Crippen LogP contribution >= 0.6 is 0 Å². The Morgan fingerprint density at radius 3 is 2.58 bits per heavy atom. The van der Waals surface area contributed by atoms with E-state index < -0.39 is 29.0 Å². The maximum absolute atomic E-state index is 14.3. The Bertz CT molecular complexity index is 1610. The van der Waals surface area contributed by atoms with Gasteiger partial charge in [0.15, 0.2) is 17.2 Å². The molecule has 1 unspecified atom stereocenters. The van der Waals surface area contributed by atoms with E-state index in [-0.39, 0.29) is 29.5 Å². The maximum Gasteiger partial charge on any atom is 0.422 e. The van der Waals surface area contributed by atoms with Crippen LogP contribution in [0.3, 0.4) is 0 Å². The molecule has 226 valence electrons. The SMILES string of the molecule is CCOC(=O)C[C@]1(CC(O)c2ccc3c(c2)CCc2c-3noc2-c2noc(-c3ccccc3)c2C(F)(F)F)CCCNC1. The third-order valence-electron chi connectivity index (χ3n) is 8.44. The van der Waals surface area contributed by atoms with Crippen molar-refractivity contribution in [3.63, 3.8) is 0 Å². The lowest BCUT2D eigenvalue weighted by atomic mass is 9.72. The molecule has 11 heteroatoms. The summed E-state index contributed by atoms with van der Waals surface area (Å²) in [6.07, 6.45) is -2.32. The van der Waals surface area contributed by atoms with Gasteiger partial charge in [0.2, 0.25) is 0 Å². The highest BCUT2D eigenvalue weighted by atomic mass is 19.4. The van der Waals surface area contributed by atoms with Gasteiger partial charge in [0.1, 0.15) is 11.3 Å². The van der Waals surface area contributed by atoms with Crippen molar-refractivity contribution in [1.29, 1.82) is 0 Å². The van der Waals surface area contributed by atoms with E-state index in [4.69, 9.17) is 13.8 Å². The summed E-state index contributed by atoms with van der Waals surface area (Å²) < 4.78 is 58.9. The molecule has 4 aromatic rings. The molecule has 1 saturated heterocycles. The number of hydrogen-bond donors (Lipinski definition) is 2. The number of nitrogens with zero attached hydrogens (tertiary/aromatic N) is 2. The number of aromatic nitrogens is 2. The number of halogens is 3. The smallest absolute Gasteiger partial charge is 0.422 e. The van der Waals surface area contributed by atoms with Crippen molar-refractivity contribution >= 4 is 5.97 Å². The highest BCUT2D eigenvalue weighted by Crippen LogP contribution is 2.47. The number of nitrogens with one attached hydrogen (secondary N) is 1. The summed E-state index contributed by atoms with van der Waals surface area (Å²) in [5.41, 5.74) is 1.74. The van der Waals surface area contributed by atoms with Gasteiger partial charge in [0, 0.05) is 23.2 Å². The number of aliphatic hydroxyl groups is 1. The predicted molar refractivity (Wildman–Crippen MR) is 151 cm³/mol. The Labute approximate surface area is 246 Å². The number of aryl methyl sites for hydroxylation is 1. The summed E-state index contributed by atoms with van der Waals surface area (Å²) in [5.74, 6) is -0.708. The standard InChI is InChI=1S/C32H32F3N3O5/c1-2-41-25(40)17-31(13-6-14-36-18-31)16-24(39)21-10-11-22-20(15-21)9-12-23-27(22)37-43-30(23)28-26(32(33,34)35)29(42-38-28)19-7-4-3-5-8-19/h3-5,7-8,10-11,15,24,36,39H,2,6,9,12-14,16-18H2,1H3/t24?,31-/m1/s1. The van der Waals surface area contributed by atoms with Crippen molar-refractivity contribution in [3.05, 3.63) is 70.8 Å². The van der Waals surface area contributed by atoms with E-state index in [1.807, 2.05) is 12.1 Å². The minimum absolute atomic E-state index is 0.0614. The molecule has 6 rings (SSSR count). The first kappa shape index (κ1) is 29.1. The highest BCUT2D eigenvalue weighted by Gasteiger charge is 2.43. The van der Waals surface area contributed by atoms with Crippen molar-refractivity contribution in [2.45, 2.75) is 57.7 Å². The van der Waals surface area contributed by atoms with E-state index in [0.717, 1.165) is 30.5 Å². The average Bonchev–Trinajstić information content (AvgIpc) is 3.63. The van der Waals surface area contributed by atoms with Gasteiger partial charge in [0.25, 0.3) is 0 Å². The van der Waals surface area contributed by atoms with E-state index in [9.17, 15) is 23.1 Å². The van der Waals surface area contributed by atoms with E-state index in [2.05, 4.69) is 15.6 Å². The Morgan fingerprint density at radius 1 is 1.09 bits per heavy atom. The molecule has 2 aromatic heterocycles. The van der Waals surface area contributed by atoms with Crippen LogP contribution in [0, 0.1) is 5.41 Å². The minimum atomic E-state index is -4.74. The fourth-order valence-electron chi connectivity index (χ4n) is 6.43. The van der Waals surface area contributed by atoms with Crippen molar-refractivity contribution in [1.82, 2.24) is 15.6 Å². The van der Waals surface area contributed by atoms with Gasteiger partial charge in [-0.1, -0.05) is 58.8 Å². The second kappa shape index (κ2) is 11.6. The Balaban J connectivity index is 1.29. The number of carbonyl (C=O) groups excluding carboxylic acids is 1. The van der Waals surface area contributed by atoms with Crippen molar-refractivity contribution in [2.24, 2.45) is 5.41 Å². The molecule has 0 saturated carbocycles. The number of hydrogen-bond acceptors (Lipinski definition) is 8. The Hall–Kier alpha value is -3.96. The predicted octanol–water partition coefficient (Wildman–Crippen LogP) is 6.53. The third-order valence-corrected chi connectivity index (χ3v) is 8.44. The van der Waals surface area contributed by atoms with Gasteiger partial charge in [-0.25, -0.2) is 0 Å². The summed E-state index contributed by atoms with van der Waals surface area (Å²) in [6.45, 7) is 3.57. The average molecular weight is 596 g/mol. The number of aliphatic hydroxyl groups excluding tert-OH is 1. The van der Waals surface area contributed by atoms with Crippen LogP contribution in [0.1, 0.15) is 61.0 Å². The number of carbonyl (C=O) groups is 1. The monoisotopic (exact) mass is 595 g/mol. The Kier molecular flexibility index (Phi) is 7.87. The van der Waals surface area contributed by atoms with Crippen LogP contribution in [0.15, 0.2) is 57.6 Å². The summed E-state index contributed by atoms with van der Waals surface area (Å²) in [5, 5.41) is 22.6. The molecule has 0 spiro atoms. The van der Waals surface area contributed by atoms with E-state index >= 15 is 0 Å². The molecule has 0 bridgehead atoms. The van der Waals surface area contributed by atoms with Gasteiger partial charge in [-0.15, -0.1) is 0 Å². The van der Waals surface area contributed by atoms with Gasteiger partial charge in [-0.2, -0.15) is 13.2 Å². The summed E-state index contributed by atoms with van der Waals surface area (Å²) in [7, 11) is 0. The second-order valence-electron chi connectivity index (χ2n) is 11.3. The first-order valence-corrected chi connectivity index (χ1v) is 14.5. The molecule has 1 aliphatic heterocycles. The molecule has 2 N–H and O–H groups in total. The highest BCUT2D eigenvalue weighted by molar-refractivity contribution is 5.79. The number of benzene rings is 2. The molecule has 1 fully saturated rings. The van der Waals surface area contributed by atoms with Crippen LogP contribution in [0.2, 0.25) is 0 Å². The molecule has 2 atom stereocenters. The lowest BCUT2D eigenvalue weighted by Crippen LogP contribution is -2.42. The molecular weight excluding hydrogens is 563 g/mol. The van der Waals surface area contributed by atoms with Crippen LogP contribution in [0.4, 0.5) is 13.2 Å². The van der Waals surface area contributed by atoms with Crippen LogP contribution in [-0.4, -0.2) is 41.1 Å². The van der Waals surface area contributed by atoms with Gasteiger partial charge in [0.05, 0.1) is 19.1 Å². The zero-order valence-electron chi connectivity index (χ0n) is 23.7. The van der Waals surface area contributed by atoms with E-state index in [1.165, 1.54) is 12.1 Å². The number of ether oxygens (including phenoxy) is 1. The van der Waals surface area contributed by atoms with Crippen LogP contribution in [0.25, 0.3) is 34.0 Å². The fourth-order valence-corrected chi connectivity index (χ4v) is 6.43. The normalized spacial score (nSPS) is 19.0. The first-order chi connectivity index (χ1) is 20.7. The van der Waals surface area contributed by atoms with Crippen LogP contribution in [0.5, 0.6) is 0 Å². The molecule has 1 aliphatic carbocycles. The largest absolute Gasteiger partial charge is 0.466 e. The van der Waals surface area contributed by atoms with E-state index in [0.29, 0.717) is 49.2 Å². The number of fused-ring (bicyclic) bond motifs is 3. The number of piperidine rings is 1. The molecule has 2 aromatic carbocycles. The third kappa shape index (κ3) is 5.71. The quantitative estimate of drug-likeness (QED) is 0.221. The lowest BCUT2D eigenvalue weighted by Gasteiger charge is -2.38. The van der Waals surface area contributed by atoms with Gasteiger partial charge >= 0.3 is 12.1 Å². The number of rotatable bonds is 8. The number of esters is 1. The Morgan fingerprint density at radius 2 is 1.86 bits per heavy atom. The summed E-state index contributed by atoms with van der Waals surface area (Å²) >= 11 is 0. The molecule has 8 nitrogen and oxygen atoms in total. The molecular formula is C32H32F3N3O5. The molecule has 43 heavy (non-hydrogen) atoms. The fraction of sp³-hybridized carbons (Fsp3) is 0.406. The van der Waals surface area contributed by atoms with Crippen molar-refractivity contribution in [2.75, 3.05) is 19.7 Å². The van der Waals surface area contributed by atoms with Gasteiger partial charge < -0.3 is 24.2 Å².